The highest BCUT2D eigenvalue weighted by molar-refractivity contribution is 5.99. The van der Waals surface area contributed by atoms with Gasteiger partial charge in [0.15, 0.2) is 5.96 Å². The first-order valence-corrected chi connectivity index (χ1v) is 28.0. The number of carboxylic acid groups (broad SMARTS) is 2. The number of H-pyrrole nitrogens is 2. The number of amides is 10. The second-order valence-electron chi connectivity index (χ2n) is 21.3. The molecule has 0 unspecified atom stereocenters. The van der Waals surface area contributed by atoms with Crippen molar-refractivity contribution in [1.82, 2.24) is 52.5 Å². The van der Waals surface area contributed by atoms with E-state index in [0.717, 1.165) is 27.4 Å². The van der Waals surface area contributed by atoms with Gasteiger partial charge < -0.3 is 91.4 Å². The number of primary amides is 2. The number of carbonyl (C=O) groups excluding carboxylic acids is 10. The number of nitrogens with two attached hydrogens (primary N) is 5. The van der Waals surface area contributed by atoms with Gasteiger partial charge in [-0.3, -0.25) is 57.7 Å². The van der Waals surface area contributed by atoms with Gasteiger partial charge in [0.2, 0.25) is 59.1 Å². The van der Waals surface area contributed by atoms with Gasteiger partial charge in [0.05, 0.1) is 19.0 Å². The SMILES string of the molecule is CC[C@H](C)[C@H](NC(=O)[C@H](CCC(=O)O)NC(=O)[C@H](CCCN=C(N)N)NC(=O)CNC(=O)[C@H](CCC(N)=O)NC(=O)[C@H](CC(N)=O)NC(=O)[C@H](CC(C)C)NC(=O)[C@H](Cc1c[nH]c2ccccc12)NC(=O)[C@@H](N)Cc1c[nH]c2ccccc12)C(=O)O. The number of aromatic amines is 2. The largest absolute Gasteiger partial charge is 0.481 e. The Balaban J connectivity index is 1.52. The average Bonchev–Trinajstić information content (AvgIpc) is 3.23. The normalized spacial score (nSPS) is 14.3. The minimum absolute atomic E-state index is 0.0347. The van der Waals surface area contributed by atoms with E-state index in [4.69, 9.17) is 28.7 Å². The van der Waals surface area contributed by atoms with Crippen LogP contribution in [0.15, 0.2) is 65.9 Å². The average molecular weight is 1200 g/mol. The third-order valence-electron chi connectivity index (χ3n) is 14.0. The zero-order chi connectivity index (χ0) is 63.8. The number of benzene rings is 2. The van der Waals surface area contributed by atoms with Crippen molar-refractivity contribution in [2.45, 2.75) is 147 Å². The van der Waals surface area contributed by atoms with Gasteiger partial charge in [0.1, 0.15) is 42.3 Å². The maximum absolute atomic E-state index is 14.5. The van der Waals surface area contributed by atoms with E-state index in [1.165, 1.54) is 0 Å². The molecule has 0 saturated carbocycles. The molecule has 30 nitrogen and oxygen atoms in total. The lowest BCUT2D eigenvalue weighted by molar-refractivity contribution is -0.144. The molecule has 10 amide bonds. The van der Waals surface area contributed by atoms with Gasteiger partial charge in [0, 0.05) is 60.0 Å². The van der Waals surface area contributed by atoms with Crippen molar-refractivity contribution >= 4 is 98.8 Å². The van der Waals surface area contributed by atoms with E-state index in [1.807, 2.05) is 42.5 Å². The van der Waals surface area contributed by atoms with Gasteiger partial charge in [-0.25, -0.2) is 4.79 Å². The molecule has 0 bridgehead atoms. The van der Waals surface area contributed by atoms with Crippen LogP contribution in [0.2, 0.25) is 0 Å². The Morgan fingerprint density at radius 3 is 1.59 bits per heavy atom. The molecule has 0 radical (unpaired) electrons. The van der Waals surface area contributed by atoms with Crippen LogP contribution in [0, 0.1) is 11.8 Å². The van der Waals surface area contributed by atoms with Crippen LogP contribution in [0.25, 0.3) is 21.8 Å². The summed E-state index contributed by atoms with van der Waals surface area (Å²) in [5.41, 5.74) is 31.2. The van der Waals surface area contributed by atoms with Crippen molar-refractivity contribution < 1.29 is 67.7 Å². The lowest BCUT2D eigenvalue weighted by Crippen LogP contribution is -2.60. The van der Waals surface area contributed by atoms with Crippen molar-refractivity contribution in [3.8, 4) is 0 Å². The summed E-state index contributed by atoms with van der Waals surface area (Å²) < 4.78 is 0. The predicted molar refractivity (Wildman–Crippen MR) is 314 cm³/mol. The van der Waals surface area contributed by atoms with Crippen molar-refractivity contribution in [3.05, 3.63) is 72.1 Å². The molecule has 9 atom stereocenters. The number of aliphatic carboxylic acids is 2. The number of aliphatic imine (C=N–C) groups is 1. The highest BCUT2D eigenvalue weighted by atomic mass is 16.4. The number of para-hydroxylation sites is 2. The van der Waals surface area contributed by atoms with E-state index in [2.05, 4.69) is 57.5 Å². The summed E-state index contributed by atoms with van der Waals surface area (Å²) in [6.07, 6.45) is 0.664. The molecule has 2 aromatic heterocycles. The Bertz CT molecular complexity index is 3100. The molecule has 86 heavy (non-hydrogen) atoms. The molecular weight excluding hydrogens is 1120 g/mol. The monoisotopic (exact) mass is 1200 g/mol. The summed E-state index contributed by atoms with van der Waals surface area (Å²) in [4.78, 5) is 169. The van der Waals surface area contributed by atoms with Crippen LogP contribution in [-0.4, -0.2) is 159 Å². The second kappa shape index (κ2) is 33.6. The summed E-state index contributed by atoms with van der Waals surface area (Å²) in [6, 6.07) is 2.87. The number of rotatable bonds is 37. The summed E-state index contributed by atoms with van der Waals surface area (Å²) >= 11 is 0. The fourth-order valence-corrected chi connectivity index (χ4v) is 9.18. The molecule has 0 aliphatic carbocycles. The third-order valence-corrected chi connectivity index (χ3v) is 14.0. The minimum Gasteiger partial charge on any atom is -0.481 e. The standard InChI is InChI=1S/C56H80N16O14/c1-5-29(4)47(55(85)86)72-51(81)39(17-19-46(76)77)68-50(80)37(15-10-20-62-56(60)61)66-45(75)27-65-49(79)38(16-18-43(58)73)67-54(84)42(24-44(59)74)71-52(82)40(21-28(2)3)70-53(83)41(23-31-26-64-36-14-9-7-12-33(31)36)69-48(78)34(57)22-30-25-63-35-13-8-6-11-32(30)35/h6-9,11-14,25-26,28-29,34,37-42,47,63-64H,5,10,15-24,27,57H2,1-4H3,(H2,58,73)(H2,59,74)(H,65,79)(H,66,75)(H,67,84)(H,68,80)(H,69,78)(H,70,83)(H,71,82)(H,72,81)(H,76,77)(H,85,86)(H4,60,61,62)/t29-,34-,37-,38-,39-,40-,41-,42-,47-/m0/s1. The molecule has 2 heterocycles. The van der Waals surface area contributed by atoms with Crippen molar-refractivity contribution in [2.24, 2.45) is 45.5 Å². The molecule has 0 aliphatic rings. The lowest BCUT2D eigenvalue weighted by atomic mass is 9.98. The van der Waals surface area contributed by atoms with Crippen molar-refractivity contribution in [1.29, 1.82) is 0 Å². The summed E-state index contributed by atoms with van der Waals surface area (Å²) in [7, 11) is 0. The van der Waals surface area contributed by atoms with Gasteiger partial charge >= 0.3 is 11.9 Å². The van der Waals surface area contributed by atoms with E-state index in [9.17, 15) is 67.7 Å². The molecule has 30 heteroatoms. The number of guanidine groups is 1. The molecule has 468 valence electrons. The highest BCUT2D eigenvalue weighted by Crippen LogP contribution is 2.22. The number of carboxylic acids is 2. The molecule has 4 aromatic rings. The maximum Gasteiger partial charge on any atom is 0.326 e. The van der Waals surface area contributed by atoms with E-state index in [1.54, 1.807) is 46.2 Å². The summed E-state index contributed by atoms with van der Waals surface area (Å²) in [6.45, 7) is 5.81. The van der Waals surface area contributed by atoms with E-state index in [0.29, 0.717) is 12.0 Å². The minimum atomic E-state index is -1.81. The first kappa shape index (κ1) is 68.9. The molecular formula is C56H80N16O14. The van der Waals surface area contributed by atoms with Crippen LogP contribution >= 0.6 is 0 Å². The number of nitrogens with zero attached hydrogens (tertiary/aromatic N) is 1. The summed E-state index contributed by atoms with van der Waals surface area (Å²) in [5.74, 6) is -13.6. The van der Waals surface area contributed by atoms with Gasteiger partial charge in [-0.05, 0) is 73.6 Å². The quantitative estimate of drug-likeness (QED) is 0.0126. The molecule has 0 spiro atoms. The van der Waals surface area contributed by atoms with E-state index in [-0.39, 0.29) is 50.5 Å². The van der Waals surface area contributed by atoms with Crippen LogP contribution in [0.4, 0.5) is 0 Å². The van der Waals surface area contributed by atoms with Gasteiger partial charge in [0.25, 0.3) is 0 Å². The zero-order valence-corrected chi connectivity index (χ0v) is 48.4. The zero-order valence-electron chi connectivity index (χ0n) is 48.4. The summed E-state index contributed by atoms with van der Waals surface area (Å²) in [5, 5.41) is 40.4. The molecule has 0 saturated heterocycles. The van der Waals surface area contributed by atoms with E-state index >= 15 is 0 Å². The molecule has 0 aliphatic heterocycles. The van der Waals surface area contributed by atoms with Gasteiger partial charge in [-0.2, -0.15) is 0 Å². The predicted octanol–water partition coefficient (Wildman–Crippen LogP) is -2.49. The Hall–Kier alpha value is -9.61. The fraction of sp³-hybridized carbons (Fsp3) is 0.482. The number of fused-ring (bicyclic) bond motifs is 2. The first-order valence-electron chi connectivity index (χ1n) is 28.0. The maximum atomic E-state index is 14.5. The topological polar surface area (TPSA) is 516 Å². The van der Waals surface area contributed by atoms with Crippen LogP contribution in [0.5, 0.6) is 0 Å². The third kappa shape index (κ3) is 22.2. The van der Waals surface area contributed by atoms with Crippen molar-refractivity contribution in [2.75, 3.05) is 13.1 Å². The molecule has 4 rings (SSSR count). The Morgan fingerprint density at radius 2 is 1.05 bits per heavy atom. The molecule has 0 fully saturated rings. The Labute approximate surface area is 494 Å². The number of hydrogen-bond acceptors (Lipinski definition) is 14. The smallest absolute Gasteiger partial charge is 0.326 e. The highest BCUT2D eigenvalue weighted by Gasteiger charge is 2.35. The number of hydrogen-bond donors (Lipinski definition) is 17. The Morgan fingerprint density at radius 1 is 0.558 bits per heavy atom. The number of aromatic nitrogens is 2. The van der Waals surface area contributed by atoms with Gasteiger partial charge in [-0.1, -0.05) is 70.5 Å². The van der Waals surface area contributed by atoms with Crippen molar-refractivity contribution in [3.63, 3.8) is 0 Å². The Kier molecular flexibility index (Phi) is 26.9. The van der Waals surface area contributed by atoms with E-state index < -0.39 is 164 Å². The van der Waals surface area contributed by atoms with Crippen LogP contribution in [-0.2, 0) is 70.4 Å². The molecule has 22 N–H and O–H groups in total. The van der Waals surface area contributed by atoms with Crippen LogP contribution < -0.4 is 71.2 Å². The lowest BCUT2D eigenvalue weighted by Gasteiger charge is -2.27. The number of nitrogens with one attached hydrogen (secondary N) is 10. The first-order chi connectivity index (χ1) is 40.7. The van der Waals surface area contributed by atoms with Crippen LogP contribution in [0.3, 0.4) is 0 Å². The second-order valence-corrected chi connectivity index (χ2v) is 21.3. The fourth-order valence-electron chi connectivity index (χ4n) is 9.18. The van der Waals surface area contributed by atoms with Crippen LogP contribution in [0.1, 0.15) is 96.6 Å². The van der Waals surface area contributed by atoms with Gasteiger partial charge in [-0.15, -0.1) is 0 Å². The number of carbonyl (C=O) groups is 12. The molecule has 2 aromatic carbocycles.